The number of piperazine rings is 2. The molecule has 2 aromatic heterocycles. The summed E-state index contributed by atoms with van der Waals surface area (Å²) < 4.78 is 40.9. The minimum Gasteiger partial charge on any atom is -0.487 e. The average molecular weight is 716 g/mol. The van der Waals surface area contributed by atoms with Crippen LogP contribution in [0.4, 0.5) is 20.2 Å². The van der Waals surface area contributed by atoms with Crippen LogP contribution in [0.2, 0.25) is 0 Å². The third-order valence-corrected chi connectivity index (χ3v) is 10.7. The maximum atomic E-state index is 15.7. The molecule has 1 aliphatic carbocycles. The maximum absolute atomic E-state index is 15.7. The van der Waals surface area contributed by atoms with E-state index in [9.17, 15) is 19.5 Å². The lowest BCUT2D eigenvalue weighted by Gasteiger charge is -2.39. The summed E-state index contributed by atoms with van der Waals surface area (Å²) in [6.07, 6.45) is 4.88. The predicted octanol–water partition coefficient (Wildman–Crippen LogP) is 3.08. The van der Waals surface area contributed by atoms with Crippen molar-refractivity contribution in [3.63, 3.8) is 0 Å². The molecule has 5 heterocycles. The van der Waals surface area contributed by atoms with E-state index in [-0.39, 0.29) is 40.4 Å². The van der Waals surface area contributed by atoms with E-state index in [0.29, 0.717) is 98.1 Å². The normalized spacial score (nSPS) is 19.4. The van der Waals surface area contributed by atoms with E-state index in [2.05, 4.69) is 4.99 Å². The zero-order valence-corrected chi connectivity index (χ0v) is 28.9. The molecule has 0 amide bonds. The Morgan fingerprint density at radius 1 is 0.904 bits per heavy atom. The highest BCUT2D eigenvalue weighted by molar-refractivity contribution is 5.95. The number of ether oxygens (including phenoxy) is 1. The van der Waals surface area contributed by atoms with Crippen molar-refractivity contribution >= 4 is 51.1 Å². The lowest BCUT2D eigenvalue weighted by Crippen LogP contribution is -2.53. The van der Waals surface area contributed by atoms with Crippen molar-refractivity contribution in [1.29, 1.82) is 5.41 Å². The molecular weight excluding hydrogens is 676 g/mol. The second-order valence-electron chi connectivity index (χ2n) is 14.0. The van der Waals surface area contributed by atoms with Crippen molar-refractivity contribution in [2.24, 2.45) is 10.7 Å². The Balaban J connectivity index is 0.938. The van der Waals surface area contributed by atoms with Gasteiger partial charge in [0, 0.05) is 81.7 Å². The monoisotopic (exact) mass is 715 g/mol. The maximum Gasteiger partial charge on any atom is 0.341 e. The molecule has 14 nitrogen and oxygen atoms in total. The molecule has 4 aliphatic rings. The summed E-state index contributed by atoms with van der Waals surface area (Å²) in [5.41, 5.74) is 7.36. The van der Waals surface area contributed by atoms with Crippen molar-refractivity contribution in [2.75, 3.05) is 68.8 Å². The molecule has 0 bridgehead atoms. The number of aromatic carboxylic acids is 1. The van der Waals surface area contributed by atoms with Gasteiger partial charge in [-0.1, -0.05) is 0 Å². The number of carboxylic acids is 1. The van der Waals surface area contributed by atoms with E-state index in [0.717, 1.165) is 18.9 Å². The minimum atomic E-state index is -1.34. The first kappa shape index (κ1) is 33.5. The molecule has 1 unspecified atom stereocenters. The van der Waals surface area contributed by atoms with E-state index in [4.69, 9.17) is 15.9 Å². The fourth-order valence-corrected chi connectivity index (χ4v) is 7.62. The predicted molar refractivity (Wildman–Crippen MR) is 193 cm³/mol. The number of fused-ring (bicyclic) bond motifs is 1. The van der Waals surface area contributed by atoms with Gasteiger partial charge in [0.25, 0.3) is 0 Å². The molecule has 1 saturated carbocycles. The number of nitrogens with one attached hydrogen (secondary N) is 1. The van der Waals surface area contributed by atoms with Crippen molar-refractivity contribution < 1.29 is 23.4 Å². The number of nitrogens with zero attached hydrogens (tertiary/aromatic N) is 7. The number of hydrogen-bond donors (Lipinski definition) is 3. The van der Waals surface area contributed by atoms with E-state index in [1.165, 1.54) is 12.3 Å². The van der Waals surface area contributed by atoms with E-state index in [1.54, 1.807) is 22.5 Å². The van der Waals surface area contributed by atoms with Gasteiger partial charge in [-0.15, -0.1) is 0 Å². The van der Waals surface area contributed by atoms with Crippen molar-refractivity contribution in [1.82, 2.24) is 18.9 Å². The number of hydrogen-bond acceptors (Lipinski definition) is 7. The van der Waals surface area contributed by atoms with Crippen LogP contribution < -0.4 is 31.1 Å². The zero-order chi connectivity index (χ0) is 36.6. The van der Waals surface area contributed by atoms with Gasteiger partial charge in [-0.2, -0.15) is 4.99 Å². The van der Waals surface area contributed by atoms with Crippen LogP contribution in [0.25, 0.3) is 21.8 Å². The smallest absolute Gasteiger partial charge is 0.341 e. The molecule has 0 radical (unpaired) electrons. The summed E-state index contributed by atoms with van der Waals surface area (Å²) in [4.78, 5) is 49.2. The average Bonchev–Trinajstić information content (AvgIpc) is 3.97. The Kier molecular flexibility index (Phi) is 8.06. The number of aliphatic imine (C=N–C) groups is 1. The van der Waals surface area contributed by atoms with Crippen LogP contribution in [0, 0.1) is 24.0 Å². The molecule has 4 aromatic rings. The SMILES string of the molecule is Cc1cn2c3c(c(N4CCN(/C(N)=N/C(=N)N5CCN(c6cc7c(cc6F)c(=O)c(C(=O)O)cn7C6CC6)CC5)CC4)c(F)cc3c1=O)OCC2C. The Labute approximate surface area is 296 Å². The number of carboxylic acid groups (broad SMARTS) is 1. The number of aromatic nitrogens is 2. The minimum absolute atomic E-state index is 0.0123. The number of guanidine groups is 2. The molecule has 3 aliphatic heterocycles. The first-order valence-electron chi connectivity index (χ1n) is 17.5. The second kappa shape index (κ2) is 12.5. The van der Waals surface area contributed by atoms with Crippen LogP contribution in [0.5, 0.6) is 5.75 Å². The molecule has 3 fully saturated rings. The second-order valence-corrected chi connectivity index (χ2v) is 14.0. The molecule has 8 rings (SSSR count). The van der Waals surface area contributed by atoms with Crippen LogP contribution in [-0.4, -0.2) is 101 Å². The fraction of sp³-hybridized carbons (Fsp3) is 0.417. The highest BCUT2D eigenvalue weighted by Gasteiger charge is 2.32. The number of anilines is 2. The van der Waals surface area contributed by atoms with Gasteiger partial charge >= 0.3 is 5.97 Å². The van der Waals surface area contributed by atoms with Gasteiger partial charge in [0.2, 0.25) is 11.4 Å². The van der Waals surface area contributed by atoms with E-state index < -0.39 is 23.0 Å². The Morgan fingerprint density at radius 3 is 2.23 bits per heavy atom. The molecule has 52 heavy (non-hydrogen) atoms. The first-order chi connectivity index (χ1) is 24.9. The summed E-state index contributed by atoms with van der Waals surface area (Å²) in [7, 11) is 0. The highest BCUT2D eigenvalue weighted by Crippen LogP contribution is 2.42. The van der Waals surface area contributed by atoms with Crippen molar-refractivity contribution in [2.45, 2.75) is 38.8 Å². The lowest BCUT2D eigenvalue weighted by molar-refractivity contribution is 0.0694. The third-order valence-electron chi connectivity index (χ3n) is 10.7. The summed E-state index contributed by atoms with van der Waals surface area (Å²) in [6, 6.07) is 4.12. The number of pyridine rings is 2. The summed E-state index contributed by atoms with van der Waals surface area (Å²) in [6.45, 7) is 7.26. The van der Waals surface area contributed by atoms with Crippen molar-refractivity contribution in [3.8, 4) is 5.75 Å². The van der Waals surface area contributed by atoms with Crippen molar-refractivity contribution in [3.05, 3.63) is 73.8 Å². The zero-order valence-electron chi connectivity index (χ0n) is 28.9. The Morgan fingerprint density at radius 2 is 1.56 bits per heavy atom. The molecular formula is C36H39F2N9O5. The van der Waals surface area contributed by atoms with Crippen LogP contribution in [0.15, 0.2) is 45.2 Å². The highest BCUT2D eigenvalue weighted by atomic mass is 19.1. The van der Waals surface area contributed by atoms with Gasteiger partial charge in [0.15, 0.2) is 23.0 Å². The Hall–Kier alpha value is -5.67. The quantitative estimate of drug-likeness (QED) is 0.211. The van der Waals surface area contributed by atoms with Gasteiger partial charge in [-0.05, 0) is 44.9 Å². The van der Waals surface area contributed by atoms with Crippen LogP contribution in [0.3, 0.4) is 0 Å². The Bertz CT molecular complexity index is 2320. The van der Waals surface area contributed by atoms with Crippen LogP contribution in [-0.2, 0) is 0 Å². The summed E-state index contributed by atoms with van der Waals surface area (Å²) in [5.74, 6) is -1.96. The van der Waals surface area contributed by atoms with Gasteiger partial charge in [0.1, 0.15) is 23.7 Å². The van der Waals surface area contributed by atoms with Gasteiger partial charge in [-0.25, -0.2) is 13.6 Å². The molecule has 2 saturated heterocycles. The largest absolute Gasteiger partial charge is 0.487 e. The molecule has 272 valence electrons. The third kappa shape index (κ3) is 5.56. The number of nitrogens with two attached hydrogens (primary N) is 1. The fourth-order valence-electron chi connectivity index (χ4n) is 7.62. The number of aryl methyl sites for hydroxylation is 1. The van der Waals surface area contributed by atoms with Crippen LogP contribution >= 0.6 is 0 Å². The molecule has 4 N–H and O–H groups in total. The van der Waals surface area contributed by atoms with Gasteiger partial charge in [-0.3, -0.25) is 15.0 Å². The van der Waals surface area contributed by atoms with Gasteiger partial charge < -0.3 is 44.3 Å². The summed E-state index contributed by atoms with van der Waals surface area (Å²) >= 11 is 0. The topological polar surface area (TPSA) is 166 Å². The van der Waals surface area contributed by atoms with Crippen LogP contribution in [0.1, 0.15) is 47.8 Å². The molecule has 2 aromatic carbocycles. The molecule has 16 heteroatoms. The molecule has 0 spiro atoms. The number of halogens is 2. The number of carbonyl (C=O) groups is 1. The van der Waals surface area contributed by atoms with Gasteiger partial charge in [0.05, 0.1) is 28.1 Å². The summed E-state index contributed by atoms with van der Waals surface area (Å²) in [5, 5.41) is 18.5. The first-order valence-corrected chi connectivity index (χ1v) is 17.5. The lowest BCUT2D eigenvalue weighted by atomic mass is 10.1. The number of benzene rings is 2. The number of rotatable bonds is 4. The van der Waals surface area contributed by atoms with E-state index in [1.807, 2.05) is 32.4 Å². The molecule has 1 atom stereocenters. The van der Waals surface area contributed by atoms with E-state index >= 15 is 8.78 Å². The standard InChI is InChI=1S/C36H39F2N9O5/c1-19-16-46-20(2)18-52-33-29(46)23(31(19)48)14-26(38)30(33)43-7-11-45(12-8-43)36(40)41-35(39)44-9-5-42(6-10-44)28-15-27-22(13-25(28)37)32(49)24(34(50)51)17-47(27)21-3-4-21/h13-17,20-21H,3-12,18H2,1-2H3,(H,50,51)(H3,39,40,41).